The zero-order valence-electron chi connectivity index (χ0n) is 16.3. The first-order valence-electron chi connectivity index (χ1n) is 9.59. The highest BCUT2D eigenvalue weighted by molar-refractivity contribution is 5.93. The Morgan fingerprint density at radius 2 is 1.73 bits per heavy atom. The molecule has 1 aromatic carbocycles. The van der Waals surface area contributed by atoms with Crippen LogP contribution in [0.15, 0.2) is 36.4 Å². The average Bonchev–Trinajstić information content (AvgIpc) is 2.67. The molecule has 1 unspecified atom stereocenters. The Bertz CT molecular complexity index is 696. The van der Waals surface area contributed by atoms with Gasteiger partial charge >= 0.3 is 0 Å². The smallest absolute Gasteiger partial charge is 0.272 e. The Hall–Kier alpha value is -2.43. The molecule has 0 aliphatic carbocycles. The van der Waals surface area contributed by atoms with Crippen LogP contribution in [0.25, 0.3) is 11.4 Å². The van der Waals surface area contributed by atoms with Crippen molar-refractivity contribution in [1.82, 2.24) is 14.9 Å². The topological polar surface area (TPSA) is 58.1 Å². The highest BCUT2D eigenvalue weighted by Crippen LogP contribution is 2.19. The van der Waals surface area contributed by atoms with E-state index in [4.69, 9.17) is 0 Å². The molecule has 5 nitrogen and oxygen atoms in total. The van der Waals surface area contributed by atoms with Crippen LogP contribution in [0, 0.1) is 0 Å². The molecule has 0 aliphatic heterocycles. The second-order valence-corrected chi connectivity index (χ2v) is 6.57. The first-order chi connectivity index (χ1) is 12.6. The van der Waals surface area contributed by atoms with Crippen molar-refractivity contribution in [3.8, 4) is 11.4 Å². The summed E-state index contributed by atoms with van der Waals surface area (Å²) in [4.78, 5) is 24.1. The number of nitrogens with one attached hydrogen (secondary N) is 1. The summed E-state index contributed by atoms with van der Waals surface area (Å²) in [7, 11) is 0. The number of hydrogen-bond acceptors (Lipinski definition) is 4. The van der Waals surface area contributed by atoms with Gasteiger partial charge < -0.3 is 10.2 Å². The summed E-state index contributed by atoms with van der Waals surface area (Å²) in [5, 5.41) is 3.38. The van der Waals surface area contributed by atoms with Gasteiger partial charge in [0, 0.05) is 30.8 Å². The Morgan fingerprint density at radius 1 is 1.08 bits per heavy atom. The summed E-state index contributed by atoms with van der Waals surface area (Å²) in [5.41, 5.74) is 1.36. The van der Waals surface area contributed by atoms with Gasteiger partial charge in [0.1, 0.15) is 11.5 Å². The van der Waals surface area contributed by atoms with E-state index in [0.29, 0.717) is 17.3 Å². The van der Waals surface area contributed by atoms with Gasteiger partial charge in [-0.15, -0.1) is 0 Å². The number of carbonyl (C=O) groups excluding carboxylic acids is 1. The number of aromatic nitrogens is 2. The van der Waals surface area contributed by atoms with Gasteiger partial charge in [0.05, 0.1) is 0 Å². The summed E-state index contributed by atoms with van der Waals surface area (Å²) in [6.07, 6.45) is 2.84. The third-order valence-corrected chi connectivity index (χ3v) is 4.26. The molecule has 0 saturated heterocycles. The zero-order valence-corrected chi connectivity index (χ0v) is 16.3. The predicted octanol–water partition coefficient (Wildman–Crippen LogP) is 4.62. The van der Waals surface area contributed by atoms with Crippen LogP contribution in [0.2, 0.25) is 0 Å². The summed E-state index contributed by atoms with van der Waals surface area (Å²) in [5.74, 6) is 1.25. The molecule has 2 aromatic rings. The number of amides is 1. The van der Waals surface area contributed by atoms with Gasteiger partial charge in [0.2, 0.25) is 0 Å². The van der Waals surface area contributed by atoms with E-state index < -0.39 is 0 Å². The average molecular weight is 354 g/mol. The molecular weight excluding hydrogens is 324 g/mol. The van der Waals surface area contributed by atoms with Crippen molar-refractivity contribution in [3.05, 3.63) is 42.1 Å². The van der Waals surface area contributed by atoms with Crippen LogP contribution in [-0.4, -0.2) is 39.9 Å². The van der Waals surface area contributed by atoms with Crippen molar-refractivity contribution in [1.29, 1.82) is 0 Å². The van der Waals surface area contributed by atoms with E-state index in [1.165, 1.54) is 0 Å². The summed E-state index contributed by atoms with van der Waals surface area (Å²) in [6, 6.07) is 11.9. The Labute approximate surface area is 156 Å². The first-order valence-corrected chi connectivity index (χ1v) is 9.59. The minimum absolute atomic E-state index is 0.0273. The Balaban J connectivity index is 2.43. The van der Waals surface area contributed by atoms with Crippen molar-refractivity contribution < 1.29 is 4.79 Å². The monoisotopic (exact) mass is 354 g/mol. The van der Waals surface area contributed by atoms with Crippen LogP contribution in [0.5, 0.6) is 0 Å². The Kier molecular flexibility index (Phi) is 7.57. The maximum atomic E-state index is 13.0. The highest BCUT2D eigenvalue weighted by atomic mass is 16.2. The molecule has 1 atom stereocenters. The Morgan fingerprint density at radius 3 is 2.31 bits per heavy atom. The van der Waals surface area contributed by atoms with Crippen molar-refractivity contribution in [2.24, 2.45) is 0 Å². The number of benzene rings is 1. The molecule has 1 N–H and O–H groups in total. The fourth-order valence-corrected chi connectivity index (χ4v) is 2.72. The number of rotatable bonds is 9. The zero-order chi connectivity index (χ0) is 18.9. The van der Waals surface area contributed by atoms with Crippen molar-refractivity contribution in [2.75, 3.05) is 18.4 Å². The number of carbonyl (C=O) groups is 1. The largest absolute Gasteiger partial charge is 0.367 e. The molecule has 1 aromatic heterocycles. The fraction of sp³-hybridized carbons (Fsp3) is 0.476. The molecule has 26 heavy (non-hydrogen) atoms. The highest BCUT2D eigenvalue weighted by Gasteiger charge is 2.19. The lowest BCUT2D eigenvalue weighted by Gasteiger charge is -2.22. The lowest BCUT2D eigenvalue weighted by atomic mass is 10.2. The van der Waals surface area contributed by atoms with E-state index in [-0.39, 0.29) is 11.9 Å². The molecule has 5 heteroatoms. The molecule has 0 saturated carbocycles. The molecule has 1 amide bonds. The van der Waals surface area contributed by atoms with Gasteiger partial charge in [0.15, 0.2) is 5.82 Å². The van der Waals surface area contributed by atoms with Crippen molar-refractivity contribution >= 4 is 11.7 Å². The first kappa shape index (κ1) is 19.9. The van der Waals surface area contributed by atoms with Crippen LogP contribution < -0.4 is 5.32 Å². The minimum atomic E-state index is -0.0273. The third-order valence-electron chi connectivity index (χ3n) is 4.26. The molecule has 0 spiro atoms. The summed E-state index contributed by atoms with van der Waals surface area (Å²) < 4.78 is 0. The summed E-state index contributed by atoms with van der Waals surface area (Å²) in [6.45, 7) is 9.87. The van der Waals surface area contributed by atoms with E-state index in [0.717, 1.165) is 37.9 Å². The van der Waals surface area contributed by atoms with Crippen LogP contribution in [-0.2, 0) is 0 Å². The maximum Gasteiger partial charge on any atom is 0.272 e. The van der Waals surface area contributed by atoms with E-state index in [2.05, 4.69) is 43.0 Å². The summed E-state index contributed by atoms with van der Waals surface area (Å²) >= 11 is 0. The number of anilines is 1. The van der Waals surface area contributed by atoms with E-state index in [1.54, 1.807) is 6.07 Å². The maximum absolute atomic E-state index is 13.0. The molecule has 0 bridgehead atoms. The minimum Gasteiger partial charge on any atom is -0.367 e. The molecule has 140 valence electrons. The second kappa shape index (κ2) is 9.90. The van der Waals surface area contributed by atoms with Gasteiger partial charge in [0.25, 0.3) is 5.91 Å². The van der Waals surface area contributed by atoms with E-state index >= 15 is 0 Å². The van der Waals surface area contributed by atoms with Crippen LogP contribution in [0.3, 0.4) is 0 Å². The molecule has 0 fully saturated rings. The van der Waals surface area contributed by atoms with Gasteiger partial charge in [-0.3, -0.25) is 4.79 Å². The molecule has 0 aliphatic rings. The van der Waals surface area contributed by atoms with Gasteiger partial charge in [-0.2, -0.15) is 0 Å². The quantitative estimate of drug-likeness (QED) is 0.714. The molecular formula is C21H30N4O. The van der Waals surface area contributed by atoms with Gasteiger partial charge in [-0.1, -0.05) is 51.1 Å². The van der Waals surface area contributed by atoms with E-state index in [1.807, 2.05) is 35.2 Å². The lowest BCUT2D eigenvalue weighted by Crippen LogP contribution is -2.33. The SMILES string of the molecule is CCCN(CCC)C(=O)c1cc(NC(C)CC)nc(-c2ccccc2)n1. The van der Waals surface area contributed by atoms with Crippen LogP contribution in [0.1, 0.15) is 57.4 Å². The van der Waals surface area contributed by atoms with Gasteiger partial charge in [-0.25, -0.2) is 9.97 Å². The fourth-order valence-electron chi connectivity index (χ4n) is 2.72. The molecule has 0 radical (unpaired) electrons. The second-order valence-electron chi connectivity index (χ2n) is 6.57. The number of nitrogens with zero attached hydrogens (tertiary/aromatic N) is 3. The standard InChI is InChI=1S/C21H30N4O/c1-5-13-25(14-6-2)21(26)18-15-19(22-16(4)7-3)24-20(23-18)17-11-9-8-10-12-17/h8-12,15-16H,5-7,13-14H2,1-4H3,(H,22,23,24). The number of hydrogen-bond donors (Lipinski definition) is 1. The predicted molar refractivity (Wildman–Crippen MR) is 107 cm³/mol. The lowest BCUT2D eigenvalue weighted by molar-refractivity contribution is 0.0749. The van der Waals surface area contributed by atoms with Crippen LogP contribution >= 0.6 is 0 Å². The third kappa shape index (κ3) is 5.28. The van der Waals surface area contributed by atoms with Crippen molar-refractivity contribution in [3.63, 3.8) is 0 Å². The molecule has 1 heterocycles. The van der Waals surface area contributed by atoms with E-state index in [9.17, 15) is 4.79 Å². The normalized spacial score (nSPS) is 11.8. The van der Waals surface area contributed by atoms with Crippen molar-refractivity contribution in [2.45, 2.75) is 53.0 Å². The molecule has 2 rings (SSSR count). The van der Waals surface area contributed by atoms with Gasteiger partial charge in [-0.05, 0) is 26.2 Å². The van der Waals surface area contributed by atoms with Crippen LogP contribution in [0.4, 0.5) is 5.82 Å².